The van der Waals surface area contributed by atoms with Crippen molar-refractivity contribution in [3.63, 3.8) is 0 Å². The normalized spacial score (nSPS) is 11.2. The van der Waals surface area contributed by atoms with Gasteiger partial charge in [0.25, 0.3) is 0 Å². The van der Waals surface area contributed by atoms with Crippen molar-refractivity contribution in [2.75, 3.05) is 6.61 Å². The Hall–Kier alpha value is -2.82. The first-order chi connectivity index (χ1) is 15.2. The van der Waals surface area contributed by atoms with Gasteiger partial charge in [0, 0.05) is 33.7 Å². The van der Waals surface area contributed by atoms with Gasteiger partial charge in [0.1, 0.15) is 5.52 Å². The van der Waals surface area contributed by atoms with Crippen molar-refractivity contribution < 1.29 is 9.53 Å². The number of hydrogen-bond donors (Lipinski definition) is 0. The molecule has 2 aromatic heterocycles. The van der Waals surface area contributed by atoms with Crippen molar-refractivity contribution in [1.29, 1.82) is 0 Å². The summed E-state index contributed by atoms with van der Waals surface area (Å²) in [7, 11) is 0. The number of halogens is 2. The molecule has 0 unspecified atom stereocenters. The highest BCUT2D eigenvalue weighted by molar-refractivity contribution is 6.39. The second kappa shape index (κ2) is 8.61. The van der Waals surface area contributed by atoms with E-state index in [1.165, 1.54) is 11.1 Å². The van der Waals surface area contributed by atoms with Gasteiger partial charge < -0.3 is 9.30 Å². The van der Waals surface area contributed by atoms with E-state index in [0.717, 1.165) is 28.2 Å². The molecular formula is C26H24Cl2N2O2. The third-order valence-electron chi connectivity index (χ3n) is 5.81. The number of ether oxygens (including phenoxy) is 1. The summed E-state index contributed by atoms with van der Waals surface area (Å²) in [4.78, 5) is 17.6. The van der Waals surface area contributed by atoms with Crippen LogP contribution in [0.3, 0.4) is 0 Å². The summed E-state index contributed by atoms with van der Waals surface area (Å²) in [6.07, 6.45) is 0. The standard InChI is InChI=1S/C26H24Cl2N2O2/c1-14-6-8-19(10-15(14)2)30-17(4)11-21(18(30)5)24(31)13-32-26-23(28)12-22(27)20-9-7-16(3)29-25(20)26/h6-12H,13H2,1-5H3. The maximum atomic E-state index is 13.1. The molecule has 4 rings (SSSR count). The van der Waals surface area contributed by atoms with Crippen LogP contribution in [0.2, 0.25) is 10.0 Å². The zero-order valence-electron chi connectivity index (χ0n) is 18.7. The Morgan fingerprint density at radius 3 is 2.41 bits per heavy atom. The molecule has 0 fully saturated rings. The number of Topliss-reactive ketones (excluding diaryl/α,β-unsaturated/α-hetero) is 1. The highest BCUT2D eigenvalue weighted by Gasteiger charge is 2.20. The zero-order chi connectivity index (χ0) is 23.2. The number of aryl methyl sites for hydroxylation is 4. The van der Waals surface area contributed by atoms with Gasteiger partial charge in [-0.05, 0) is 82.1 Å². The Balaban J connectivity index is 1.65. The molecule has 2 aromatic carbocycles. The van der Waals surface area contributed by atoms with Gasteiger partial charge in [-0.3, -0.25) is 4.79 Å². The Morgan fingerprint density at radius 2 is 1.69 bits per heavy atom. The molecule has 0 aliphatic rings. The van der Waals surface area contributed by atoms with Crippen molar-refractivity contribution in [3.05, 3.63) is 86.3 Å². The van der Waals surface area contributed by atoms with Gasteiger partial charge in [-0.1, -0.05) is 29.3 Å². The van der Waals surface area contributed by atoms with Crippen molar-refractivity contribution in [1.82, 2.24) is 9.55 Å². The van der Waals surface area contributed by atoms with E-state index in [1.807, 2.05) is 39.0 Å². The lowest BCUT2D eigenvalue weighted by Crippen LogP contribution is -2.13. The number of aromatic nitrogens is 2. The fourth-order valence-corrected chi connectivity index (χ4v) is 4.52. The monoisotopic (exact) mass is 466 g/mol. The number of pyridine rings is 1. The average molecular weight is 467 g/mol. The molecule has 0 N–H and O–H groups in total. The lowest BCUT2D eigenvalue weighted by atomic mass is 10.1. The van der Waals surface area contributed by atoms with E-state index >= 15 is 0 Å². The molecule has 0 aliphatic heterocycles. The van der Waals surface area contributed by atoms with Gasteiger partial charge in [0.2, 0.25) is 5.78 Å². The Kier molecular flexibility index (Phi) is 6.02. The summed E-state index contributed by atoms with van der Waals surface area (Å²) in [5.41, 5.74) is 7.32. The number of nitrogens with zero attached hydrogens (tertiary/aromatic N) is 2. The molecule has 2 heterocycles. The first kappa shape index (κ1) is 22.4. The van der Waals surface area contributed by atoms with E-state index in [9.17, 15) is 4.79 Å². The number of benzene rings is 2. The third kappa shape index (κ3) is 4.01. The van der Waals surface area contributed by atoms with Gasteiger partial charge in [-0.25, -0.2) is 4.98 Å². The Morgan fingerprint density at radius 1 is 0.938 bits per heavy atom. The minimum atomic E-state index is -0.150. The van der Waals surface area contributed by atoms with E-state index in [0.29, 0.717) is 26.9 Å². The molecule has 0 amide bonds. The van der Waals surface area contributed by atoms with Crippen molar-refractivity contribution in [2.24, 2.45) is 0 Å². The van der Waals surface area contributed by atoms with Crippen LogP contribution in [0.5, 0.6) is 5.75 Å². The topological polar surface area (TPSA) is 44.1 Å². The van der Waals surface area contributed by atoms with E-state index in [4.69, 9.17) is 27.9 Å². The molecule has 6 heteroatoms. The smallest absolute Gasteiger partial charge is 0.202 e. The average Bonchev–Trinajstić information content (AvgIpc) is 3.03. The van der Waals surface area contributed by atoms with Crippen LogP contribution < -0.4 is 4.74 Å². The van der Waals surface area contributed by atoms with E-state index in [2.05, 4.69) is 41.6 Å². The van der Waals surface area contributed by atoms with Crippen LogP contribution in [0.15, 0.2) is 42.5 Å². The maximum Gasteiger partial charge on any atom is 0.202 e. The van der Waals surface area contributed by atoms with Crippen molar-refractivity contribution in [2.45, 2.75) is 34.6 Å². The zero-order valence-corrected chi connectivity index (χ0v) is 20.2. The van der Waals surface area contributed by atoms with E-state index in [1.54, 1.807) is 6.07 Å². The van der Waals surface area contributed by atoms with Gasteiger partial charge in [0.05, 0.1) is 10.0 Å². The lowest BCUT2D eigenvalue weighted by Gasteiger charge is -2.13. The van der Waals surface area contributed by atoms with Crippen LogP contribution in [0.1, 0.15) is 38.6 Å². The summed E-state index contributed by atoms with van der Waals surface area (Å²) in [5.74, 6) is 0.242. The second-order valence-electron chi connectivity index (χ2n) is 8.12. The quantitative estimate of drug-likeness (QED) is 0.293. The van der Waals surface area contributed by atoms with Crippen LogP contribution >= 0.6 is 23.2 Å². The molecule has 4 nitrogen and oxygen atoms in total. The molecule has 164 valence electrons. The second-order valence-corrected chi connectivity index (χ2v) is 8.93. The fraction of sp³-hybridized carbons (Fsp3) is 0.231. The highest BCUT2D eigenvalue weighted by Crippen LogP contribution is 2.37. The number of ketones is 1. The largest absolute Gasteiger partial charge is 0.482 e. The minimum Gasteiger partial charge on any atom is -0.482 e. The molecule has 0 radical (unpaired) electrons. The predicted molar refractivity (Wildman–Crippen MR) is 131 cm³/mol. The molecule has 0 saturated carbocycles. The van der Waals surface area contributed by atoms with Gasteiger partial charge >= 0.3 is 0 Å². The van der Waals surface area contributed by atoms with E-state index in [-0.39, 0.29) is 12.4 Å². The summed E-state index contributed by atoms with van der Waals surface area (Å²) in [5, 5.41) is 1.55. The van der Waals surface area contributed by atoms with Crippen molar-refractivity contribution >= 4 is 39.9 Å². The summed E-state index contributed by atoms with van der Waals surface area (Å²) < 4.78 is 8.00. The highest BCUT2D eigenvalue weighted by atomic mass is 35.5. The first-order valence-corrected chi connectivity index (χ1v) is 11.1. The number of carbonyl (C=O) groups excluding carboxylic acids is 1. The number of carbonyl (C=O) groups is 1. The lowest BCUT2D eigenvalue weighted by molar-refractivity contribution is 0.0922. The Bertz CT molecular complexity index is 1370. The molecule has 0 bridgehead atoms. The van der Waals surface area contributed by atoms with Crippen LogP contribution in [0, 0.1) is 34.6 Å². The number of fused-ring (bicyclic) bond motifs is 1. The van der Waals surface area contributed by atoms with Gasteiger partial charge in [-0.15, -0.1) is 0 Å². The van der Waals surface area contributed by atoms with Crippen LogP contribution in [-0.2, 0) is 0 Å². The third-order valence-corrected chi connectivity index (χ3v) is 6.40. The first-order valence-electron chi connectivity index (χ1n) is 10.3. The van der Waals surface area contributed by atoms with Crippen LogP contribution in [0.25, 0.3) is 16.6 Å². The summed E-state index contributed by atoms with van der Waals surface area (Å²) in [6.45, 7) is 9.85. The number of hydrogen-bond acceptors (Lipinski definition) is 3. The van der Waals surface area contributed by atoms with Gasteiger partial charge in [0.15, 0.2) is 12.4 Å². The summed E-state index contributed by atoms with van der Waals surface area (Å²) >= 11 is 12.7. The Labute approximate surface area is 197 Å². The molecular weight excluding hydrogens is 443 g/mol. The minimum absolute atomic E-state index is 0.125. The van der Waals surface area contributed by atoms with Crippen LogP contribution in [0.4, 0.5) is 0 Å². The molecule has 0 aliphatic carbocycles. The van der Waals surface area contributed by atoms with Gasteiger partial charge in [-0.2, -0.15) is 0 Å². The van der Waals surface area contributed by atoms with Crippen molar-refractivity contribution in [3.8, 4) is 11.4 Å². The maximum absolute atomic E-state index is 13.1. The SMILES string of the molecule is Cc1ccc2c(Cl)cc(Cl)c(OCC(=O)c3cc(C)n(-c4ccc(C)c(C)c4)c3C)c2n1. The molecule has 0 atom stereocenters. The molecule has 32 heavy (non-hydrogen) atoms. The van der Waals surface area contributed by atoms with Crippen LogP contribution in [-0.4, -0.2) is 21.9 Å². The number of rotatable bonds is 5. The summed E-state index contributed by atoms with van der Waals surface area (Å²) in [6, 6.07) is 13.6. The molecule has 0 spiro atoms. The predicted octanol–water partition coefficient (Wildman–Crippen LogP) is 7.14. The molecule has 4 aromatic rings. The fourth-order valence-electron chi connectivity index (χ4n) is 3.95. The van der Waals surface area contributed by atoms with E-state index < -0.39 is 0 Å². The molecule has 0 saturated heterocycles.